The molecule has 3 N–H and O–H groups in total. The Hall–Kier alpha value is -1.18. The van der Waals surface area contributed by atoms with E-state index in [1.807, 2.05) is 0 Å². The topological polar surface area (TPSA) is 104 Å². The molecule has 2 atom stereocenters. The lowest BCUT2D eigenvalue weighted by Gasteiger charge is -2.17. The minimum atomic E-state index is -1.35. The van der Waals surface area contributed by atoms with E-state index in [4.69, 9.17) is 0 Å². The Balaban J connectivity index is 3.06. The van der Waals surface area contributed by atoms with Crippen LogP contribution in [0.15, 0.2) is 18.2 Å². The zero-order valence-corrected chi connectivity index (χ0v) is 10.4. The molecule has 0 bridgehead atoms. The number of alkyl halides is 1. The number of benzene rings is 1. The van der Waals surface area contributed by atoms with Crippen molar-refractivity contribution in [1.29, 1.82) is 0 Å². The van der Waals surface area contributed by atoms with Crippen molar-refractivity contribution in [2.24, 2.45) is 0 Å². The molecule has 1 aromatic rings. The molecule has 0 aliphatic carbocycles. The van der Waals surface area contributed by atoms with Crippen molar-refractivity contribution in [3.8, 4) is 5.75 Å². The lowest BCUT2D eigenvalue weighted by atomic mass is 10.0. The molecule has 7 heteroatoms. The predicted octanol–water partition coefficient (Wildman–Crippen LogP) is 1.48. The number of aliphatic hydroxyl groups excluding tert-OH is 2. The molecule has 0 saturated carbocycles. The van der Waals surface area contributed by atoms with Gasteiger partial charge in [0.05, 0.1) is 11.0 Å². The Labute approximate surface area is 106 Å². The van der Waals surface area contributed by atoms with Gasteiger partial charge in [-0.3, -0.25) is 10.1 Å². The number of aliphatic hydroxyl groups is 2. The van der Waals surface area contributed by atoms with Crippen molar-refractivity contribution < 1.29 is 20.2 Å². The number of phenolic OH excluding ortho intramolecular Hbond substituents is 1. The molecule has 0 radical (unpaired) electrons. The fraction of sp³-hybridized carbons (Fsp3) is 0.400. The molecule has 94 valence electrons. The average Bonchev–Trinajstić information content (AvgIpc) is 2.28. The number of hydrogen-bond acceptors (Lipinski definition) is 5. The highest BCUT2D eigenvalue weighted by molar-refractivity contribution is 9.09. The van der Waals surface area contributed by atoms with Crippen LogP contribution in [0.25, 0.3) is 0 Å². The van der Waals surface area contributed by atoms with Gasteiger partial charge >= 0.3 is 5.69 Å². The fourth-order valence-electron chi connectivity index (χ4n) is 1.41. The first kappa shape index (κ1) is 13.9. The van der Waals surface area contributed by atoms with Gasteiger partial charge in [0.25, 0.3) is 0 Å². The maximum atomic E-state index is 10.6. The van der Waals surface area contributed by atoms with Gasteiger partial charge in [-0.2, -0.15) is 0 Å². The maximum absolute atomic E-state index is 10.6. The van der Waals surface area contributed by atoms with Crippen molar-refractivity contribution in [2.75, 3.05) is 5.33 Å². The Kier molecular flexibility index (Phi) is 4.86. The summed E-state index contributed by atoms with van der Waals surface area (Å²) in [7, 11) is 0. The Morgan fingerprint density at radius 2 is 2.06 bits per heavy atom. The van der Waals surface area contributed by atoms with E-state index < -0.39 is 28.6 Å². The number of nitrogens with zero attached hydrogens (tertiary/aromatic N) is 1. The van der Waals surface area contributed by atoms with E-state index in [0.717, 1.165) is 6.07 Å². The van der Waals surface area contributed by atoms with Crippen molar-refractivity contribution in [3.63, 3.8) is 0 Å². The van der Waals surface area contributed by atoms with Crippen LogP contribution in [0.4, 0.5) is 5.69 Å². The number of hydrogen-bond donors (Lipinski definition) is 3. The molecule has 0 heterocycles. The molecule has 17 heavy (non-hydrogen) atoms. The van der Waals surface area contributed by atoms with Crippen molar-refractivity contribution in [1.82, 2.24) is 0 Å². The van der Waals surface area contributed by atoms with E-state index >= 15 is 0 Å². The monoisotopic (exact) mass is 305 g/mol. The molecule has 0 spiro atoms. The molecular weight excluding hydrogens is 294 g/mol. The predicted molar refractivity (Wildman–Crippen MR) is 64.1 cm³/mol. The lowest BCUT2D eigenvalue weighted by Crippen LogP contribution is -2.18. The van der Waals surface area contributed by atoms with Crippen LogP contribution in [-0.4, -0.2) is 31.7 Å². The highest BCUT2D eigenvalue weighted by atomic mass is 79.9. The smallest absolute Gasteiger partial charge is 0.311 e. The molecule has 0 fully saturated rings. The molecular formula is C10H12BrNO5. The molecule has 6 nitrogen and oxygen atoms in total. The molecule has 0 saturated heterocycles. The quantitative estimate of drug-likeness (QED) is 0.434. The Morgan fingerprint density at radius 1 is 1.41 bits per heavy atom. The largest absolute Gasteiger partial charge is 0.502 e. The first-order valence-electron chi connectivity index (χ1n) is 4.87. The van der Waals surface area contributed by atoms with Crippen LogP contribution in [0.3, 0.4) is 0 Å². The first-order valence-corrected chi connectivity index (χ1v) is 5.99. The summed E-state index contributed by atoms with van der Waals surface area (Å²) in [5, 5.41) is 40.0. The van der Waals surface area contributed by atoms with Gasteiger partial charge in [-0.05, 0) is 6.42 Å². The molecule has 2 unspecified atom stereocenters. The third-order valence-electron chi connectivity index (χ3n) is 2.33. The van der Waals surface area contributed by atoms with Crippen LogP contribution in [-0.2, 0) is 0 Å². The van der Waals surface area contributed by atoms with Gasteiger partial charge < -0.3 is 15.3 Å². The summed E-state index contributed by atoms with van der Waals surface area (Å²) < 4.78 is 0. The summed E-state index contributed by atoms with van der Waals surface area (Å²) >= 11 is 3.11. The second kappa shape index (κ2) is 5.95. The van der Waals surface area contributed by atoms with Crippen LogP contribution in [0.1, 0.15) is 18.1 Å². The van der Waals surface area contributed by atoms with Crippen LogP contribution in [0, 0.1) is 10.1 Å². The molecule has 1 rings (SSSR count). The highest BCUT2D eigenvalue weighted by Gasteiger charge is 2.25. The second-order valence-corrected chi connectivity index (χ2v) is 4.25. The molecule has 0 amide bonds. The maximum Gasteiger partial charge on any atom is 0.311 e. The zero-order valence-electron chi connectivity index (χ0n) is 8.78. The SMILES string of the molecule is O=[N+]([O-])c1cccc(C(O)C(O)CCBr)c1O. The van der Waals surface area contributed by atoms with Crippen LogP contribution >= 0.6 is 15.9 Å². The number of nitro benzene ring substituents is 1. The average molecular weight is 306 g/mol. The number of nitro groups is 1. The second-order valence-electron chi connectivity index (χ2n) is 3.46. The summed E-state index contributed by atoms with van der Waals surface area (Å²) in [6, 6.07) is 3.81. The third kappa shape index (κ3) is 3.15. The molecule has 0 aliphatic heterocycles. The van der Waals surface area contributed by atoms with Crippen molar-refractivity contribution in [3.05, 3.63) is 33.9 Å². The number of phenols is 1. The van der Waals surface area contributed by atoms with Gasteiger partial charge in [-0.15, -0.1) is 0 Å². The standard InChI is InChI=1S/C10H12BrNO5/c11-5-4-8(13)10(15)6-2-1-3-7(9(6)14)12(16)17/h1-3,8,10,13-15H,4-5H2. The van der Waals surface area contributed by atoms with Crippen LogP contribution < -0.4 is 0 Å². The van der Waals surface area contributed by atoms with E-state index in [0.29, 0.717) is 5.33 Å². The van der Waals surface area contributed by atoms with E-state index in [2.05, 4.69) is 15.9 Å². The van der Waals surface area contributed by atoms with Gasteiger partial charge in [0.15, 0.2) is 5.75 Å². The molecule has 0 aromatic heterocycles. The van der Waals surface area contributed by atoms with Crippen LogP contribution in [0.2, 0.25) is 0 Å². The van der Waals surface area contributed by atoms with Crippen molar-refractivity contribution >= 4 is 21.6 Å². The van der Waals surface area contributed by atoms with E-state index in [-0.39, 0.29) is 12.0 Å². The third-order valence-corrected chi connectivity index (χ3v) is 2.79. The van der Waals surface area contributed by atoms with Gasteiger partial charge in [0.2, 0.25) is 0 Å². The first-order chi connectivity index (χ1) is 7.99. The Bertz CT molecular complexity index is 412. The summed E-state index contributed by atoms with van der Waals surface area (Å²) in [5.74, 6) is -0.612. The number of para-hydroxylation sites is 1. The number of rotatable bonds is 5. The molecule has 0 aliphatic rings. The summed E-state index contributed by atoms with van der Waals surface area (Å²) in [6.45, 7) is 0. The minimum absolute atomic E-state index is 0.0485. The number of halogens is 1. The lowest BCUT2D eigenvalue weighted by molar-refractivity contribution is -0.386. The fourth-order valence-corrected chi connectivity index (χ4v) is 1.88. The summed E-state index contributed by atoms with van der Waals surface area (Å²) in [4.78, 5) is 9.84. The normalized spacial score (nSPS) is 14.3. The van der Waals surface area contributed by atoms with Gasteiger partial charge in [-0.1, -0.05) is 28.1 Å². The zero-order chi connectivity index (χ0) is 13.0. The number of aromatic hydroxyl groups is 1. The van der Waals surface area contributed by atoms with Crippen LogP contribution in [0.5, 0.6) is 5.75 Å². The van der Waals surface area contributed by atoms with Gasteiger partial charge in [0.1, 0.15) is 6.10 Å². The highest BCUT2D eigenvalue weighted by Crippen LogP contribution is 2.34. The van der Waals surface area contributed by atoms with E-state index in [9.17, 15) is 25.4 Å². The Morgan fingerprint density at radius 3 is 2.59 bits per heavy atom. The van der Waals surface area contributed by atoms with E-state index in [1.165, 1.54) is 12.1 Å². The van der Waals surface area contributed by atoms with Gasteiger partial charge in [0, 0.05) is 17.0 Å². The summed E-state index contributed by atoms with van der Waals surface area (Å²) in [5.41, 5.74) is -0.541. The van der Waals surface area contributed by atoms with E-state index in [1.54, 1.807) is 0 Å². The van der Waals surface area contributed by atoms with Crippen molar-refractivity contribution in [2.45, 2.75) is 18.6 Å². The summed E-state index contributed by atoms with van der Waals surface area (Å²) in [6.07, 6.45) is -2.18. The molecule has 1 aromatic carbocycles. The minimum Gasteiger partial charge on any atom is -0.502 e. The van der Waals surface area contributed by atoms with Gasteiger partial charge in [-0.25, -0.2) is 0 Å².